The lowest BCUT2D eigenvalue weighted by molar-refractivity contribution is -0.000814. The third-order valence-corrected chi connectivity index (χ3v) is 4.68. The number of benzene rings is 3. The summed E-state index contributed by atoms with van der Waals surface area (Å²) >= 11 is 0. The molecule has 0 spiro atoms. The lowest BCUT2D eigenvalue weighted by Crippen LogP contribution is -2.25. The number of fused-ring (bicyclic) bond motifs is 3. The van der Waals surface area contributed by atoms with Gasteiger partial charge in [-0.25, -0.2) is 0 Å². The zero-order valence-corrected chi connectivity index (χ0v) is 13.2. The van der Waals surface area contributed by atoms with Crippen LogP contribution in [0, 0.1) is 0 Å². The fourth-order valence-corrected chi connectivity index (χ4v) is 3.52. The van der Waals surface area contributed by atoms with Crippen LogP contribution >= 0.6 is 0 Å². The maximum absolute atomic E-state index is 5.78. The van der Waals surface area contributed by atoms with Gasteiger partial charge in [0.1, 0.15) is 0 Å². The zero-order valence-electron chi connectivity index (χ0n) is 13.2. The van der Waals surface area contributed by atoms with Gasteiger partial charge in [0.25, 0.3) is 0 Å². The standard InChI is InChI=1S/C21H21NO/c1-2-7-16(8-3-1)15-23-22-21-12-6-11-19-18-10-5-4-9-17(18)13-14-20(19)21/h1-5,7-10,13-14,21-22H,6,11-12,15H2. The molecule has 0 amide bonds. The Kier molecular flexibility index (Phi) is 4.10. The number of hydrogen-bond donors (Lipinski definition) is 1. The molecule has 3 aromatic rings. The highest BCUT2D eigenvalue weighted by Gasteiger charge is 2.21. The van der Waals surface area contributed by atoms with E-state index in [0.717, 1.165) is 12.8 Å². The lowest BCUT2D eigenvalue weighted by atomic mass is 9.85. The fourth-order valence-electron chi connectivity index (χ4n) is 3.52. The lowest BCUT2D eigenvalue weighted by Gasteiger charge is -2.27. The number of rotatable bonds is 4. The Hall–Kier alpha value is -2.16. The van der Waals surface area contributed by atoms with Crippen molar-refractivity contribution in [3.63, 3.8) is 0 Å². The van der Waals surface area contributed by atoms with E-state index >= 15 is 0 Å². The third kappa shape index (κ3) is 3.00. The second-order valence-corrected chi connectivity index (χ2v) is 6.19. The third-order valence-electron chi connectivity index (χ3n) is 4.68. The molecule has 1 aliphatic carbocycles. The van der Waals surface area contributed by atoms with E-state index in [4.69, 9.17) is 4.84 Å². The van der Waals surface area contributed by atoms with Crippen LogP contribution in [0.15, 0.2) is 66.7 Å². The summed E-state index contributed by atoms with van der Waals surface area (Å²) in [5.41, 5.74) is 7.35. The number of nitrogens with one attached hydrogen (secondary N) is 1. The normalized spacial score (nSPS) is 17.1. The molecule has 0 saturated carbocycles. The first-order valence-corrected chi connectivity index (χ1v) is 8.33. The Morgan fingerprint density at radius 3 is 2.65 bits per heavy atom. The van der Waals surface area contributed by atoms with Crippen molar-refractivity contribution >= 4 is 10.8 Å². The Bertz CT molecular complexity index is 797. The molecule has 3 aromatic carbocycles. The molecule has 0 radical (unpaired) electrons. The van der Waals surface area contributed by atoms with Crippen molar-refractivity contribution in [1.82, 2.24) is 5.48 Å². The van der Waals surface area contributed by atoms with Gasteiger partial charge in [-0.1, -0.05) is 66.7 Å². The van der Waals surface area contributed by atoms with Crippen LogP contribution in [-0.4, -0.2) is 0 Å². The van der Waals surface area contributed by atoms with E-state index in [2.05, 4.69) is 54.0 Å². The summed E-state index contributed by atoms with van der Waals surface area (Å²) in [4.78, 5) is 5.78. The van der Waals surface area contributed by atoms with Crippen LogP contribution in [0.4, 0.5) is 0 Å². The minimum Gasteiger partial charge on any atom is -0.296 e. The molecular weight excluding hydrogens is 282 g/mol. The van der Waals surface area contributed by atoms with E-state index in [1.165, 1.54) is 33.9 Å². The second-order valence-electron chi connectivity index (χ2n) is 6.19. The van der Waals surface area contributed by atoms with Gasteiger partial charge in [-0.3, -0.25) is 4.84 Å². The summed E-state index contributed by atoms with van der Waals surface area (Å²) in [6, 6.07) is 23.7. The fraction of sp³-hybridized carbons (Fsp3) is 0.238. The van der Waals surface area contributed by atoms with Crippen molar-refractivity contribution in [2.24, 2.45) is 0 Å². The minimum atomic E-state index is 0.284. The molecule has 0 heterocycles. The monoisotopic (exact) mass is 303 g/mol. The van der Waals surface area contributed by atoms with Crippen molar-refractivity contribution in [3.05, 3.63) is 83.4 Å². The van der Waals surface area contributed by atoms with E-state index in [1.54, 1.807) is 0 Å². The van der Waals surface area contributed by atoms with Crippen LogP contribution < -0.4 is 5.48 Å². The summed E-state index contributed by atoms with van der Waals surface area (Å²) in [6.45, 7) is 0.597. The maximum atomic E-state index is 5.78. The summed E-state index contributed by atoms with van der Waals surface area (Å²) < 4.78 is 0. The molecule has 0 saturated heterocycles. The molecule has 1 N–H and O–H groups in total. The van der Waals surface area contributed by atoms with E-state index in [0.29, 0.717) is 6.61 Å². The van der Waals surface area contributed by atoms with Crippen molar-refractivity contribution in [2.45, 2.75) is 31.9 Å². The molecule has 2 nitrogen and oxygen atoms in total. The molecule has 0 aromatic heterocycles. The Morgan fingerprint density at radius 2 is 1.74 bits per heavy atom. The van der Waals surface area contributed by atoms with Crippen LogP contribution in [-0.2, 0) is 17.9 Å². The van der Waals surface area contributed by atoms with Crippen LogP contribution in [0.3, 0.4) is 0 Å². The van der Waals surface area contributed by atoms with Gasteiger partial charge in [0, 0.05) is 0 Å². The van der Waals surface area contributed by atoms with Gasteiger partial charge in [0.15, 0.2) is 0 Å². The zero-order chi connectivity index (χ0) is 15.5. The van der Waals surface area contributed by atoms with Gasteiger partial charge in [-0.05, 0) is 46.7 Å². The van der Waals surface area contributed by atoms with E-state index in [-0.39, 0.29) is 6.04 Å². The smallest absolute Gasteiger partial charge is 0.0933 e. The van der Waals surface area contributed by atoms with Gasteiger partial charge in [0.2, 0.25) is 0 Å². The summed E-state index contributed by atoms with van der Waals surface area (Å²) in [6.07, 6.45) is 3.49. The molecule has 0 aliphatic heterocycles. The van der Waals surface area contributed by atoms with Crippen LogP contribution in [0.25, 0.3) is 10.8 Å². The summed E-state index contributed by atoms with van der Waals surface area (Å²) in [5.74, 6) is 0. The first kappa shape index (κ1) is 14.4. The molecule has 4 rings (SSSR count). The molecule has 1 unspecified atom stereocenters. The topological polar surface area (TPSA) is 21.3 Å². The SMILES string of the molecule is c1ccc(CONC2CCCc3c2ccc2ccccc32)cc1. The molecule has 116 valence electrons. The van der Waals surface area contributed by atoms with E-state index in [1.807, 2.05) is 18.2 Å². The van der Waals surface area contributed by atoms with Gasteiger partial charge in [-0.2, -0.15) is 5.48 Å². The molecule has 23 heavy (non-hydrogen) atoms. The van der Waals surface area contributed by atoms with Crippen LogP contribution in [0.5, 0.6) is 0 Å². The Morgan fingerprint density at radius 1 is 0.913 bits per heavy atom. The Balaban J connectivity index is 1.52. The number of aryl methyl sites for hydroxylation is 1. The highest BCUT2D eigenvalue weighted by atomic mass is 16.6. The van der Waals surface area contributed by atoms with Crippen LogP contribution in [0.1, 0.15) is 35.6 Å². The predicted molar refractivity (Wildman–Crippen MR) is 94.0 cm³/mol. The highest BCUT2D eigenvalue weighted by molar-refractivity contribution is 5.87. The van der Waals surface area contributed by atoms with E-state index in [9.17, 15) is 0 Å². The Labute approximate surface area is 137 Å². The largest absolute Gasteiger partial charge is 0.296 e. The van der Waals surface area contributed by atoms with Gasteiger partial charge in [0.05, 0.1) is 12.6 Å². The average Bonchev–Trinajstić information content (AvgIpc) is 2.62. The van der Waals surface area contributed by atoms with Crippen molar-refractivity contribution in [1.29, 1.82) is 0 Å². The first-order chi connectivity index (χ1) is 11.4. The minimum absolute atomic E-state index is 0.284. The predicted octanol–water partition coefficient (Wildman–Crippen LogP) is 4.94. The van der Waals surface area contributed by atoms with Crippen molar-refractivity contribution in [2.75, 3.05) is 0 Å². The van der Waals surface area contributed by atoms with Gasteiger partial charge >= 0.3 is 0 Å². The second kappa shape index (κ2) is 6.53. The quantitative estimate of drug-likeness (QED) is 0.689. The molecule has 1 aliphatic rings. The van der Waals surface area contributed by atoms with Crippen molar-refractivity contribution < 1.29 is 4.84 Å². The first-order valence-electron chi connectivity index (χ1n) is 8.33. The number of hydrogen-bond acceptors (Lipinski definition) is 2. The molecule has 2 heteroatoms. The molecule has 0 bridgehead atoms. The summed E-state index contributed by atoms with van der Waals surface area (Å²) in [7, 11) is 0. The highest BCUT2D eigenvalue weighted by Crippen LogP contribution is 2.34. The average molecular weight is 303 g/mol. The van der Waals surface area contributed by atoms with Gasteiger partial charge < -0.3 is 0 Å². The van der Waals surface area contributed by atoms with Crippen LogP contribution in [0.2, 0.25) is 0 Å². The molecule has 1 atom stereocenters. The maximum Gasteiger partial charge on any atom is 0.0933 e. The number of hydroxylamine groups is 1. The van der Waals surface area contributed by atoms with Gasteiger partial charge in [-0.15, -0.1) is 0 Å². The molecule has 0 fully saturated rings. The van der Waals surface area contributed by atoms with Crippen molar-refractivity contribution in [3.8, 4) is 0 Å². The van der Waals surface area contributed by atoms with E-state index < -0.39 is 0 Å². The molecular formula is C21H21NO. The summed E-state index contributed by atoms with van der Waals surface area (Å²) in [5, 5.41) is 2.72.